The summed E-state index contributed by atoms with van der Waals surface area (Å²) in [5.41, 5.74) is 5.50. The molecule has 1 unspecified atom stereocenters. The average Bonchev–Trinajstić information content (AvgIpc) is 1.74. The highest BCUT2D eigenvalue weighted by Crippen LogP contribution is 2.72. The third kappa shape index (κ3) is 24.2. The molecule has 0 spiro atoms. The van der Waals surface area contributed by atoms with Gasteiger partial charge in [-0.1, -0.05) is 135 Å². The minimum atomic E-state index is -4.87. The van der Waals surface area contributed by atoms with Crippen LogP contribution in [0.3, 0.4) is 0 Å². The van der Waals surface area contributed by atoms with Crippen LogP contribution in [0.4, 0.5) is 30.6 Å². The van der Waals surface area contributed by atoms with E-state index in [1.165, 1.54) is 24.3 Å². The highest BCUT2D eigenvalue weighted by atomic mass is 35.9. The number of halogens is 10. The Balaban J connectivity index is 0.000000168. The predicted molar refractivity (Wildman–Crippen MR) is 419 cm³/mol. The molecule has 594 valence electrons. The predicted octanol–water partition coefficient (Wildman–Crippen LogP) is 16.1. The van der Waals surface area contributed by atoms with Crippen LogP contribution in [0.15, 0.2) is 158 Å². The maximum absolute atomic E-state index is 15.7. The molecule has 10 aromatic rings. The van der Waals surface area contributed by atoms with Crippen LogP contribution in [0.2, 0.25) is 15.9 Å². The average molecular weight is 1750 g/mol. The van der Waals surface area contributed by atoms with Crippen LogP contribution in [0.25, 0.3) is 32.7 Å². The van der Waals surface area contributed by atoms with Gasteiger partial charge in [0.2, 0.25) is 15.9 Å². The Morgan fingerprint density at radius 1 is 0.468 bits per heavy atom. The molecule has 26 nitrogen and oxygen atoms in total. The fourth-order valence-corrected chi connectivity index (χ4v) is 24.4. The summed E-state index contributed by atoms with van der Waals surface area (Å²) in [7, 11) is -9.60. The highest BCUT2D eigenvalue weighted by Gasteiger charge is 2.48. The number of aliphatic hydroxyl groups excluding tert-OH is 5. The summed E-state index contributed by atoms with van der Waals surface area (Å²) in [5.74, 6) is -9.31. The van der Waals surface area contributed by atoms with Crippen molar-refractivity contribution in [3.05, 3.63) is 230 Å². The zero-order chi connectivity index (χ0) is 80.3. The summed E-state index contributed by atoms with van der Waals surface area (Å²) < 4.78 is 118. The monoisotopic (exact) mass is 1750 g/mol. The molecule has 0 radical (unpaired) electrons. The summed E-state index contributed by atoms with van der Waals surface area (Å²) in [6.45, 7) is 4.69. The van der Waals surface area contributed by atoms with E-state index in [-0.39, 0.29) is 62.3 Å². The Bertz CT molecular complexity index is 5040. The molecule has 13 rings (SSSR count). The smallest absolute Gasteiger partial charge is 0.340 e. The molecule has 40 heteroatoms. The molecular formula is C71H73Cl7F3N9O17P4. The van der Waals surface area contributed by atoms with Gasteiger partial charge in [0.15, 0.2) is 5.90 Å². The molecule has 0 saturated carbocycles. The molecule has 11 N–H and O–H groups in total. The first kappa shape index (κ1) is 87.6. The van der Waals surface area contributed by atoms with Crippen molar-refractivity contribution >= 4 is 157 Å². The summed E-state index contributed by atoms with van der Waals surface area (Å²) in [5, 5.41) is 60.9. The maximum Gasteiger partial charge on any atom is 0.340 e. The van der Waals surface area contributed by atoms with Crippen LogP contribution in [0, 0.1) is 23.4 Å². The first-order valence-electron chi connectivity index (χ1n) is 33.8. The molecule has 0 aliphatic carbocycles. The van der Waals surface area contributed by atoms with Crippen molar-refractivity contribution in [1.82, 2.24) is 29.9 Å². The number of ether oxygens (including phenoxy) is 4. The molecule has 3 aliphatic rings. The number of nitrogens with one attached hydrogen (secondary N) is 3. The van der Waals surface area contributed by atoms with Crippen LogP contribution in [0.1, 0.15) is 77.5 Å². The Labute approximate surface area is 667 Å². The number of aromatic nitrogens is 6. The Morgan fingerprint density at radius 3 is 1.14 bits per heavy atom. The van der Waals surface area contributed by atoms with E-state index in [2.05, 4.69) is 64.2 Å². The lowest BCUT2D eigenvalue weighted by molar-refractivity contribution is -0.0350. The molecule has 3 aromatic heterocycles. The lowest BCUT2D eigenvalue weighted by Crippen LogP contribution is -2.33. The van der Waals surface area contributed by atoms with E-state index < -0.39 is 118 Å². The van der Waals surface area contributed by atoms with Gasteiger partial charge in [-0.15, -0.1) is 0 Å². The van der Waals surface area contributed by atoms with Crippen LogP contribution < -0.4 is 16.0 Å². The quantitative estimate of drug-likeness (QED) is 0.0198. The second-order valence-corrected chi connectivity index (χ2v) is 41.7. The van der Waals surface area contributed by atoms with Crippen molar-refractivity contribution in [2.75, 3.05) is 41.0 Å². The van der Waals surface area contributed by atoms with Gasteiger partial charge < -0.3 is 79.6 Å². The molecule has 6 heterocycles. The van der Waals surface area contributed by atoms with E-state index in [0.717, 1.165) is 34.7 Å². The molecule has 3 aliphatic heterocycles. The second-order valence-electron chi connectivity index (χ2n) is 25.7. The molecule has 7 aromatic carbocycles. The zero-order valence-electron chi connectivity index (χ0n) is 58.3. The van der Waals surface area contributed by atoms with Crippen LogP contribution in [0.5, 0.6) is 0 Å². The number of fused-ring (bicyclic) bond motifs is 3. The Morgan fingerprint density at radius 2 is 0.811 bits per heavy atom. The van der Waals surface area contributed by atoms with Crippen LogP contribution in [-0.2, 0) is 68.0 Å². The number of anilines is 3. The van der Waals surface area contributed by atoms with E-state index in [1.807, 2.05) is 121 Å². The van der Waals surface area contributed by atoms with E-state index in [1.54, 1.807) is 6.07 Å². The summed E-state index contributed by atoms with van der Waals surface area (Å²) in [6.07, 6.45) is -11.0. The van der Waals surface area contributed by atoms with Gasteiger partial charge in [0.1, 0.15) is 95.7 Å². The van der Waals surface area contributed by atoms with Gasteiger partial charge in [0, 0.05) is 58.4 Å². The molecule has 3 fully saturated rings. The van der Waals surface area contributed by atoms with Gasteiger partial charge in [-0.2, -0.15) is 0 Å². The van der Waals surface area contributed by atoms with Crippen molar-refractivity contribution in [1.29, 1.82) is 0 Å². The zero-order valence-corrected chi connectivity index (χ0v) is 67.2. The van der Waals surface area contributed by atoms with Gasteiger partial charge in [0.25, 0.3) is 11.7 Å². The number of rotatable bonds is 24. The lowest BCUT2D eigenvalue weighted by atomic mass is 9.93. The Hall–Kier alpha value is -5.82. The highest BCUT2D eigenvalue weighted by molar-refractivity contribution is 8.21. The van der Waals surface area contributed by atoms with Gasteiger partial charge in [-0.3, -0.25) is 18.3 Å². The van der Waals surface area contributed by atoms with Crippen LogP contribution in [-0.4, -0.2) is 144 Å². The van der Waals surface area contributed by atoms with E-state index in [4.69, 9.17) is 109 Å². The van der Waals surface area contributed by atoms with Crippen molar-refractivity contribution in [2.45, 2.75) is 114 Å². The van der Waals surface area contributed by atoms with Crippen LogP contribution >= 0.6 is 107 Å². The van der Waals surface area contributed by atoms with Gasteiger partial charge in [0.05, 0.1) is 48.6 Å². The molecule has 13 atom stereocenters. The molecule has 3 saturated heterocycles. The minimum absolute atomic E-state index is 0.0174. The number of nitrogens with zero attached hydrogens (tertiary/aromatic N) is 6. The van der Waals surface area contributed by atoms with Crippen molar-refractivity contribution in [3.63, 3.8) is 0 Å². The fraction of sp³-hybridized carbons (Fsp3) is 0.324. The molecule has 0 bridgehead atoms. The first-order valence-corrected chi connectivity index (χ1v) is 45.9. The second kappa shape index (κ2) is 38.8. The standard InChI is InChI=1S/C29H29ClFN3O2.C21H23ClFN3O9P2.C20H19ClFN3O4.CH2Cl4O2P2/c1-3-25-18(2)26(35-17-20-12-8-5-9-13-20)27(36-25)21-15-24-22(14-23(21)31)28(34-29(30)33-24)32-16-19-10-6-4-7-11-19;22-21-25-15-7-12(14(23)6-13(15)20(26-21)24-8-11-4-2-1-3-5-11)19-18(28)17(27)16(35-19)9-34-37(32,33)10-36(29,30)31;21-20-24-14-7-11(18-17(28)16(27)15(9-26)29-18)13(22)6-12(14)19(25-20)23-8-10-4-2-1-3-5-10;2-8(3,6)1-9(4,5)7/h4-15,18,25-27H,3,16-17H2,1-2H3,(H,32,33,34);1-7,16-19,27-28H,8-10H2,(H,32,33)(H,24,25,26)(H2,29,30,31);1-7,15-18,26-28H,8-9H2,(H,23,24,25);1H2/t18-,25-,26-,27+;16-,17-,18-,19+;15-,16-,17-,18+;/m111./s1. The normalized spacial score (nSPS) is 22.4. The number of aliphatic hydroxyl groups is 5. The fourth-order valence-electron chi connectivity index (χ4n) is 12.4. The maximum atomic E-state index is 15.7. The van der Waals surface area contributed by atoms with Gasteiger partial charge in [-0.05, 0) is 145 Å². The minimum Gasteiger partial charge on any atom is -0.394 e. The SMILES string of the molecule is CC[C@H]1O[C@@H](c2cc3nc(Cl)nc(NCc4ccccc4)c3cc2F)[C@H](OCc2ccccc2)[C@@H]1C.O=P(Cl)(Cl)CP(=O)(Cl)Cl.O=P(O)(O)CP(=O)(O)OC[C@H]1O[C@@H](c2cc3nc(Cl)nc(NCc4ccccc4)c3cc2F)[C@H](O)[C@@H]1O.OC[C@H]1O[C@@H](c2cc3nc(Cl)nc(NCc4ccccc4)c3cc2F)[C@H](O)[C@@H]1O. The number of hydrogen-bond acceptors (Lipinski definition) is 23. The summed E-state index contributed by atoms with van der Waals surface area (Å²) in [6, 6.07) is 47.1. The Kier molecular flexibility index (Phi) is 30.6. The third-order valence-electron chi connectivity index (χ3n) is 17.6. The lowest BCUT2D eigenvalue weighted by Gasteiger charge is -2.23. The van der Waals surface area contributed by atoms with E-state index in [9.17, 15) is 53.1 Å². The van der Waals surface area contributed by atoms with Crippen molar-refractivity contribution < 1.29 is 95.1 Å². The largest absolute Gasteiger partial charge is 0.394 e. The third-order valence-corrected chi connectivity index (χ3v) is 28.1. The van der Waals surface area contributed by atoms with Crippen molar-refractivity contribution in [2.24, 2.45) is 5.92 Å². The first-order chi connectivity index (χ1) is 52.5. The number of hydrogen-bond donors (Lipinski definition) is 11. The van der Waals surface area contributed by atoms with E-state index >= 15 is 8.78 Å². The summed E-state index contributed by atoms with van der Waals surface area (Å²) >= 11 is 38.4. The van der Waals surface area contributed by atoms with Crippen molar-refractivity contribution in [3.8, 4) is 0 Å². The topological polar surface area (TPSA) is 390 Å². The molecule has 111 heavy (non-hydrogen) atoms. The molecule has 0 amide bonds. The summed E-state index contributed by atoms with van der Waals surface area (Å²) in [4.78, 5) is 52.7. The number of benzene rings is 7. The van der Waals surface area contributed by atoms with Gasteiger partial charge in [-0.25, -0.2) is 43.1 Å². The van der Waals surface area contributed by atoms with Gasteiger partial charge >= 0.3 is 15.2 Å². The van der Waals surface area contributed by atoms with E-state index in [0.29, 0.717) is 70.6 Å². The molecular weight excluding hydrogens is 1680 g/mol.